The Bertz CT molecular complexity index is 1440. The van der Waals surface area contributed by atoms with Gasteiger partial charge in [-0.3, -0.25) is 4.79 Å². The summed E-state index contributed by atoms with van der Waals surface area (Å²) in [6, 6.07) is 16.8. The molecule has 3 rings (SSSR count). The summed E-state index contributed by atoms with van der Waals surface area (Å²) in [5, 5.41) is 12.4. The molecule has 0 bridgehead atoms. The number of aryl methyl sites for hydroxylation is 3. The molecule has 0 heterocycles. The molecule has 0 aromatic heterocycles. The maximum atomic E-state index is 12.9. The quantitative estimate of drug-likeness (QED) is 0.198. The summed E-state index contributed by atoms with van der Waals surface area (Å²) >= 11 is 6.67. The Morgan fingerprint density at radius 3 is 2.26 bits per heavy atom. The second kappa shape index (κ2) is 10.6. The lowest BCUT2D eigenvalue weighted by Gasteiger charge is -2.13. The second-order valence-corrected chi connectivity index (χ2v) is 10.9. The highest BCUT2D eigenvalue weighted by molar-refractivity contribution is 9.11. The van der Waals surface area contributed by atoms with E-state index in [4.69, 9.17) is 4.18 Å². The normalized spacial score (nSPS) is 11.6. The van der Waals surface area contributed by atoms with Crippen molar-refractivity contribution in [3.05, 3.63) is 91.4 Å². The van der Waals surface area contributed by atoms with Crippen molar-refractivity contribution in [3.63, 3.8) is 0 Å². The van der Waals surface area contributed by atoms with E-state index in [2.05, 4.69) is 37.2 Å². The van der Waals surface area contributed by atoms with Crippen molar-refractivity contribution in [1.29, 1.82) is 5.26 Å². The molecular weight excluding hydrogens is 584 g/mol. The molecule has 0 aliphatic rings. The standard InChI is InChI=1S/C25H20Br2N2O4S/c1-15-4-7-21(8-5-15)34(31,32)33-24-18(12-20(26)13-22(24)27)11-19(14-28)25(30)29-23-9-6-16(2)10-17(23)3/h4-13H,1-3H3,(H,29,30)/b19-11+. The molecule has 3 aromatic rings. The van der Waals surface area contributed by atoms with E-state index in [1.165, 1.54) is 18.2 Å². The van der Waals surface area contributed by atoms with Crippen LogP contribution in [0.5, 0.6) is 5.75 Å². The zero-order valence-corrected chi connectivity index (χ0v) is 22.5. The summed E-state index contributed by atoms with van der Waals surface area (Å²) in [7, 11) is -4.17. The first-order valence-electron chi connectivity index (χ1n) is 10.0. The van der Waals surface area contributed by atoms with Crippen molar-refractivity contribution >= 4 is 59.6 Å². The first-order chi connectivity index (χ1) is 16.0. The van der Waals surface area contributed by atoms with E-state index in [-0.39, 0.29) is 21.8 Å². The van der Waals surface area contributed by atoms with Crippen molar-refractivity contribution in [3.8, 4) is 11.8 Å². The van der Waals surface area contributed by atoms with Crippen LogP contribution < -0.4 is 9.50 Å². The molecule has 6 nitrogen and oxygen atoms in total. The van der Waals surface area contributed by atoms with Gasteiger partial charge in [-0.1, -0.05) is 51.3 Å². The van der Waals surface area contributed by atoms with E-state index in [0.29, 0.717) is 14.6 Å². The Morgan fingerprint density at radius 1 is 1.00 bits per heavy atom. The van der Waals surface area contributed by atoms with Crippen molar-refractivity contribution in [2.24, 2.45) is 0 Å². The van der Waals surface area contributed by atoms with Crippen LogP contribution in [0.2, 0.25) is 0 Å². The van der Waals surface area contributed by atoms with Gasteiger partial charge >= 0.3 is 10.1 Å². The smallest absolute Gasteiger partial charge is 0.339 e. The molecule has 0 unspecified atom stereocenters. The van der Waals surface area contributed by atoms with E-state index in [9.17, 15) is 18.5 Å². The molecule has 174 valence electrons. The molecule has 1 amide bonds. The number of hydrogen-bond donors (Lipinski definition) is 1. The highest BCUT2D eigenvalue weighted by atomic mass is 79.9. The van der Waals surface area contributed by atoms with E-state index < -0.39 is 16.0 Å². The van der Waals surface area contributed by atoms with Crippen LogP contribution in [-0.4, -0.2) is 14.3 Å². The number of carbonyl (C=O) groups excluding carboxylic acids is 1. The van der Waals surface area contributed by atoms with Crippen LogP contribution in [-0.2, 0) is 14.9 Å². The molecule has 0 spiro atoms. The van der Waals surface area contributed by atoms with Crippen molar-refractivity contribution in [2.45, 2.75) is 25.7 Å². The van der Waals surface area contributed by atoms with Crippen LogP contribution in [0, 0.1) is 32.1 Å². The number of rotatable bonds is 6. The number of nitrogens with one attached hydrogen (secondary N) is 1. The van der Waals surface area contributed by atoms with E-state index in [1.807, 2.05) is 39.0 Å². The monoisotopic (exact) mass is 602 g/mol. The Morgan fingerprint density at radius 2 is 1.65 bits per heavy atom. The Kier molecular flexibility index (Phi) is 7.97. The average molecular weight is 604 g/mol. The minimum atomic E-state index is -4.17. The van der Waals surface area contributed by atoms with Gasteiger partial charge in [-0.25, -0.2) is 0 Å². The number of amides is 1. The van der Waals surface area contributed by atoms with E-state index in [0.717, 1.165) is 16.7 Å². The van der Waals surface area contributed by atoms with Crippen LogP contribution in [0.25, 0.3) is 6.08 Å². The maximum absolute atomic E-state index is 12.9. The number of halogens is 2. The number of hydrogen-bond acceptors (Lipinski definition) is 5. The van der Waals surface area contributed by atoms with Gasteiger partial charge in [-0.05, 0) is 78.7 Å². The van der Waals surface area contributed by atoms with Gasteiger partial charge in [0.25, 0.3) is 5.91 Å². The maximum Gasteiger partial charge on any atom is 0.339 e. The van der Waals surface area contributed by atoms with Gasteiger partial charge in [0.2, 0.25) is 0 Å². The summed E-state index contributed by atoms with van der Waals surface area (Å²) in [6.45, 7) is 5.64. The zero-order valence-electron chi connectivity index (χ0n) is 18.5. The van der Waals surface area contributed by atoms with Crippen LogP contribution >= 0.6 is 31.9 Å². The predicted octanol–water partition coefficient (Wildman–Crippen LogP) is 6.45. The highest BCUT2D eigenvalue weighted by Crippen LogP contribution is 2.36. The molecular formula is C25H20Br2N2O4S. The second-order valence-electron chi connectivity index (χ2n) is 7.60. The Labute approximate surface area is 215 Å². The minimum absolute atomic E-state index is 0.0176. The van der Waals surface area contributed by atoms with Crippen LogP contribution in [0.1, 0.15) is 22.3 Å². The molecule has 3 aromatic carbocycles. The topological polar surface area (TPSA) is 96.3 Å². The summed E-state index contributed by atoms with van der Waals surface area (Å²) in [5.74, 6) is -0.672. The molecule has 0 fully saturated rings. The molecule has 0 atom stereocenters. The van der Waals surface area contributed by atoms with Gasteiger partial charge in [0.1, 0.15) is 16.5 Å². The molecule has 0 radical (unpaired) electrons. The van der Waals surface area contributed by atoms with Crippen LogP contribution in [0.3, 0.4) is 0 Å². The van der Waals surface area contributed by atoms with E-state index >= 15 is 0 Å². The lowest BCUT2D eigenvalue weighted by atomic mass is 10.1. The van der Waals surface area contributed by atoms with Gasteiger partial charge in [-0.2, -0.15) is 13.7 Å². The Hall–Kier alpha value is -2.93. The molecule has 0 saturated heterocycles. The summed E-state index contributed by atoms with van der Waals surface area (Å²) in [5.41, 5.74) is 3.38. The summed E-state index contributed by atoms with van der Waals surface area (Å²) in [4.78, 5) is 12.8. The van der Waals surface area contributed by atoms with Gasteiger partial charge < -0.3 is 9.50 Å². The predicted molar refractivity (Wildman–Crippen MR) is 139 cm³/mol. The molecule has 0 saturated carbocycles. The Balaban J connectivity index is 2.00. The van der Waals surface area contributed by atoms with Crippen LogP contribution in [0.15, 0.2) is 74.0 Å². The third-order valence-electron chi connectivity index (χ3n) is 4.83. The number of carbonyl (C=O) groups is 1. The number of benzene rings is 3. The largest absolute Gasteiger partial charge is 0.377 e. The summed E-state index contributed by atoms with van der Waals surface area (Å²) < 4.78 is 32.1. The van der Waals surface area contributed by atoms with Crippen molar-refractivity contribution < 1.29 is 17.4 Å². The average Bonchev–Trinajstić information content (AvgIpc) is 2.76. The molecule has 0 aliphatic carbocycles. The third-order valence-corrected chi connectivity index (χ3v) is 7.12. The number of anilines is 1. The molecule has 1 N–H and O–H groups in total. The first kappa shape index (κ1) is 25.7. The fourth-order valence-electron chi connectivity index (χ4n) is 3.09. The highest BCUT2D eigenvalue weighted by Gasteiger charge is 2.22. The first-order valence-corrected chi connectivity index (χ1v) is 13.0. The molecule has 34 heavy (non-hydrogen) atoms. The van der Waals surface area contributed by atoms with Crippen molar-refractivity contribution in [1.82, 2.24) is 0 Å². The SMILES string of the molecule is Cc1ccc(S(=O)(=O)Oc2c(Br)cc(Br)cc2/C=C(\C#N)C(=O)Nc2ccc(C)cc2C)cc1. The number of nitrogens with zero attached hydrogens (tertiary/aromatic N) is 1. The summed E-state index contributed by atoms with van der Waals surface area (Å²) in [6.07, 6.45) is 1.29. The lowest BCUT2D eigenvalue weighted by molar-refractivity contribution is -0.112. The van der Waals surface area contributed by atoms with Gasteiger partial charge in [0, 0.05) is 15.7 Å². The fourth-order valence-corrected chi connectivity index (χ4v) is 5.50. The fraction of sp³-hybridized carbons (Fsp3) is 0.120. The molecule has 0 aliphatic heterocycles. The third kappa shape index (κ3) is 6.14. The van der Waals surface area contributed by atoms with Gasteiger partial charge in [0.05, 0.1) is 4.47 Å². The minimum Gasteiger partial charge on any atom is -0.377 e. The van der Waals surface area contributed by atoms with E-state index in [1.54, 1.807) is 30.3 Å². The molecule has 9 heteroatoms. The number of nitriles is 1. The van der Waals surface area contributed by atoms with Gasteiger partial charge in [-0.15, -0.1) is 0 Å². The lowest BCUT2D eigenvalue weighted by Crippen LogP contribution is -2.15. The van der Waals surface area contributed by atoms with Gasteiger partial charge in [0.15, 0.2) is 5.75 Å². The van der Waals surface area contributed by atoms with Crippen LogP contribution in [0.4, 0.5) is 5.69 Å². The van der Waals surface area contributed by atoms with Crippen molar-refractivity contribution in [2.75, 3.05) is 5.32 Å². The zero-order chi connectivity index (χ0) is 25.0.